The van der Waals surface area contributed by atoms with Gasteiger partial charge in [-0.25, -0.2) is 9.86 Å². The van der Waals surface area contributed by atoms with Gasteiger partial charge in [0.25, 0.3) is 0 Å². The smallest absolute Gasteiger partial charge is 0.326 e. The van der Waals surface area contributed by atoms with Gasteiger partial charge in [-0.1, -0.05) is 0 Å². The minimum Gasteiger partial charge on any atom is -0.480 e. The van der Waals surface area contributed by atoms with E-state index in [0.717, 1.165) is 5.06 Å². The molecule has 7 heteroatoms. The van der Waals surface area contributed by atoms with Crippen LogP contribution in [0.15, 0.2) is 11.4 Å². The average Bonchev–Trinajstić information content (AvgIpc) is 2.46. The quantitative estimate of drug-likeness (QED) is 0.623. The van der Waals surface area contributed by atoms with Crippen molar-refractivity contribution in [3.8, 4) is 0 Å². The summed E-state index contributed by atoms with van der Waals surface area (Å²) in [5.41, 5.74) is 6.30. The van der Waals surface area contributed by atoms with Gasteiger partial charge in [0, 0.05) is 12.1 Å². The number of amides is 1. The average molecular weight is 243 g/mol. The molecule has 4 N–H and O–H groups in total. The molecule has 0 fully saturated rings. The molecule has 0 spiro atoms. The summed E-state index contributed by atoms with van der Waals surface area (Å²) in [6.07, 6.45) is 0.133. The minimum atomic E-state index is -1.03. The van der Waals surface area contributed by atoms with Crippen molar-refractivity contribution in [2.75, 3.05) is 6.67 Å². The molecule has 1 heterocycles. The molecular formula is C10H17N3O4. The second kappa shape index (κ2) is 5.05. The Labute approximate surface area is 99.1 Å². The van der Waals surface area contributed by atoms with Crippen LogP contribution in [0.1, 0.15) is 26.7 Å². The lowest BCUT2D eigenvalue weighted by Crippen LogP contribution is -2.41. The highest BCUT2D eigenvalue weighted by molar-refractivity contribution is 5.77. The largest absolute Gasteiger partial charge is 0.480 e. The molecule has 1 rings (SSSR count). The molecule has 0 saturated heterocycles. The van der Waals surface area contributed by atoms with Crippen LogP contribution in [0.5, 0.6) is 0 Å². The van der Waals surface area contributed by atoms with Crippen LogP contribution in [0.4, 0.5) is 0 Å². The van der Waals surface area contributed by atoms with Crippen molar-refractivity contribution in [2.24, 2.45) is 5.73 Å². The lowest BCUT2D eigenvalue weighted by Gasteiger charge is -2.27. The number of hydrogen-bond acceptors (Lipinski definition) is 5. The van der Waals surface area contributed by atoms with Crippen LogP contribution < -0.4 is 5.73 Å². The number of nitrogens with zero attached hydrogens (tertiary/aromatic N) is 2. The highest BCUT2D eigenvalue weighted by Crippen LogP contribution is 2.25. The van der Waals surface area contributed by atoms with Crippen LogP contribution in [0.3, 0.4) is 0 Å². The van der Waals surface area contributed by atoms with Gasteiger partial charge in [-0.2, -0.15) is 0 Å². The molecule has 1 aliphatic heterocycles. The third-order valence-corrected chi connectivity index (χ3v) is 2.95. The Kier molecular flexibility index (Phi) is 3.95. The Balaban J connectivity index is 2.80. The second-order valence-electron chi connectivity index (χ2n) is 4.04. The molecule has 1 amide bonds. The Bertz CT molecular complexity index is 367. The molecular weight excluding hydrogens is 226 g/mol. The summed E-state index contributed by atoms with van der Waals surface area (Å²) in [4.78, 5) is 23.4. The van der Waals surface area contributed by atoms with Gasteiger partial charge in [0.2, 0.25) is 5.91 Å². The van der Waals surface area contributed by atoms with Crippen molar-refractivity contribution in [1.29, 1.82) is 0 Å². The molecule has 1 unspecified atom stereocenters. The number of carbonyl (C=O) groups is 2. The van der Waals surface area contributed by atoms with E-state index < -0.39 is 17.9 Å². The maximum absolute atomic E-state index is 11.1. The molecule has 0 aromatic carbocycles. The molecule has 0 aromatic rings. The summed E-state index contributed by atoms with van der Waals surface area (Å²) >= 11 is 0. The fourth-order valence-corrected chi connectivity index (χ4v) is 1.77. The molecule has 0 aromatic heterocycles. The first-order valence-electron chi connectivity index (χ1n) is 5.26. The van der Waals surface area contributed by atoms with E-state index in [2.05, 4.69) is 0 Å². The number of nitrogens with two attached hydrogens (primary N) is 1. The highest BCUT2D eigenvalue weighted by atomic mass is 16.5. The van der Waals surface area contributed by atoms with Gasteiger partial charge >= 0.3 is 5.97 Å². The lowest BCUT2D eigenvalue weighted by atomic mass is 10.1. The number of allylic oxidation sites excluding steroid dienone is 2. The zero-order chi connectivity index (χ0) is 13.2. The van der Waals surface area contributed by atoms with Crippen LogP contribution in [0, 0.1) is 0 Å². The number of carbonyl (C=O) groups excluding carboxylic acids is 1. The summed E-state index contributed by atoms with van der Waals surface area (Å²) in [6.45, 7) is 3.52. The third-order valence-electron chi connectivity index (χ3n) is 2.95. The predicted octanol–water partition coefficient (Wildman–Crippen LogP) is -0.0792. The molecule has 1 atom stereocenters. The van der Waals surface area contributed by atoms with Gasteiger partial charge in [0.05, 0.1) is 5.70 Å². The molecule has 0 aliphatic carbocycles. The highest BCUT2D eigenvalue weighted by Gasteiger charge is 2.32. The van der Waals surface area contributed by atoms with Crippen molar-refractivity contribution < 1.29 is 19.9 Å². The fraction of sp³-hybridized carbons (Fsp3) is 0.600. The number of rotatable bonds is 5. The number of aliphatic carboxylic acids is 1. The summed E-state index contributed by atoms with van der Waals surface area (Å²) in [5.74, 6) is -1.57. The van der Waals surface area contributed by atoms with Crippen molar-refractivity contribution in [3.63, 3.8) is 0 Å². The van der Waals surface area contributed by atoms with Gasteiger partial charge < -0.3 is 15.7 Å². The minimum absolute atomic E-state index is 0.00518. The molecule has 0 bridgehead atoms. The summed E-state index contributed by atoms with van der Waals surface area (Å²) in [5, 5.41) is 19.6. The molecule has 1 aliphatic rings. The van der Waals surface area contributed by atoms with Gasteiger partial charge in [-0.3, -0.25) is 10.0 Å². The van der Waals surface area contributed by atoms with E-state index >= 15 is 0 Å². The van der Waals surface area contributed by atoms with E-state index in [1.165, 1.54) is 0 Å². The normalized spacial score (nSPS) is 17.6. The summed E-state index contributed by atoms with van der Waals surface area (Å²) < 4.78 is 0. The van der Waals surface area contributed by atoms with E-state index in [0.29, 0.717) is 11.4 Å². The molecule has 7 nitrogen and oxygen atoms in total. The standard InChI is InChI=1S/C10H17N3O4/c1-6-7(2)13(17)5-12(6)8(10(15)16)3-4-9(11)14/h8,17H,3-5H2,1-2H3,(H2,11,14)(H,15,16). The van der Waals surface area contributed by atoms with E-state index in [9.17, 15) is 14.8 Å². The van der Waals surface area contributed by atoms with Gasteiger partial charge in [-0.05, 0) is 20.3 Å². The van der Waals surface area contributed by atoms with E-state index in [1.807, 2.05) is 0 Å². The van der Waals surface area contributed by atoms with Crippen LogP contribution in [0.25, 0.3) is 0 Å². The number of carboxylic acids is 1. The number of carboxylic acid groups (broad SMARTS) is 1. The molecule has 0 saturated carbocycles. The fourth-order valence-electron chi connectivity index (χ4n) is 1.77. The first-order chi connectivity index (χ1) is 7.84. The summed E-state index contributed by atoms with van der Waals surface area (Å²) in [7, 11) is 0. The maximum atomic E-state index is 11.1. The topological polar surface area (TPSA) is 107 Å². The van der Waals surface area contributed by atoms with Gasteiger partial charge in [0.1, 0.15) is 12.7 Å². The molecule has 96 valence electrons. The van der Waals surface area contributed by atoms with Gasteiger partial charge in [0.15, 0.2) is 0 Å². The first kappa shape index (κ1) is 13.3. The van der Waals surface area contributed by atoms with E-state index in [1.54, 1.807) is 18.7 Å². The Morgan fingerprint density at radius 1 is 1.41 bits per heavy atom. The third kappa shape index (κ3) is 2.88. The zero-order valence-corrected chi connectivity index (χ0v) is 9.88. The maximum Gasteiger partial charge on any atom is 0.326 e. The monoisotopic (exact) mass is 243 g/mol. The second-order valence-corrected chi connectivity index (χ2v) is 4.04. The molecule has 0 radical (unpaired) electrons. The lowest BCUT2D eigenvalue weighted by molar-refractivity contribution is -0.145. The number of hydroxylamine groups is 2. The van der Waals surface area contributed by atoms with E-state index in [4.69, 9.17) is 10.8 Å². The van der Waals surface area contributed by atoms with Crippen molar-refractivity contribution in [3.05, 3.63) is 11.4 Å². The van der Waals surface area contributed by atoms with Gasteiger partial charge in [-0.15, -0.1) is 0 Å². The SMILES string of the molecule is CC1=C(C)N(C(CCC(N)=O)C(=O)O)CN1O. The van der Waals surface area contributed by atoms with Crippen LogP contribution in [-0.2, 0) is 9.59 Å². The Morgan fingerprint density at radius 3 is 2.35 bits per heavy atom. The Morgan fingerprint density at radius 2 is 2.00 bits per heavy atom. The molecule has 17 heavy (non-hydrogen) atoms. The number of primary amides is 1. The zero-order valence-electron chi connectivity index (χ0n) is 9.88. The van der Waals surface area contributed by atoms with Crippen molar-refractivity contribution in [1.82, 2.24) is 9.96 Å². The predicted molar refractivity (Wildman–Crippen MR) is 58.6 cm³/mol. The van der Waals surface area contributed by atoms with Crippen molar-refractivity contribution >= 4 is 11.9 Å². The first-order valence-corrected chi connectivity index (χ1v) is 5.26. The van der Waals surface area contributed by atoms with Crippen LogP contribution in [-0.4, -0.2) is 44.9 Å². The van der Waals surface area contributed by atoms with E-state index in [-0.39, 0.29) is 19.5 Å². The summed E-state index contributed by atoms with van der Waals surface area (Å²) in [6, 6.07) is -0.852. The van der Waals surface area contributed by atoms with Crippen LogP contribution >= 0.6 is 0 Å². The van der Waals surface area contributed by atoms with Crippen LogP contribution in [0.2, 0.25) is 0 Å². The Hall–Kier alpha value is -1.76. The van der Waals surface area contributed by atoms with Crippen molar-refractivity contribution in [2.45, 2.75) is 32.7 Å². The number of hydrogen-bond donors (Lipinski definition) is 3.